The minimum Gasteiger partial charge on any atom is -0.385 e. The van der Waals surface area contributed by atoms with Gasteiger partial charge in [-0.25, -0.2) is 4.39 Å². The van der Waals surface area contributed by atoms with Gasteiger partial charge in [-0.3, -0.25) is 0 Å². The molecule has 2 rings (SSSR count). The summed E-state index contributed by atoms with van der Waals surface area (Å²) in [6.45, 7) is 0.864. The molecule has 17 heavy (non-hydrogen) atoms. The van der Waals surface area contributed by atoms with Crippen LogP contribution < -0.4 is 5.32 Å². The van der Waals surface area contributed by atoms with Crippen LogP contribution in [0.5, 0.6) is 0 Å². The van der Waals surface area contributed by atoms with Crippen molar-refractivity contribution < 1.29 is 4.39 Å². The van der Waals surface area contributed by atoms with Gasteiger partial charge < -0.3 is 5.32 Å². The third kappa shape index (κ3) is 3.36. The summed E-state index contributed by atoms with van der Waals surface area (Å²) in [4.78, 5) is 0. The number of hydrogen-bond donors (Lipinski definition) is 1. The first-order chi connectivity index (χ1) is 8.16. The van der Waals surface area contributed by atoms with Gasteiger partial charge >= 0.3 is 0 Å². The van der Waals surface area contributed by atoms with Crippen molar-refractivity contribution in [3.8, 4) is 0 Å². The van der Waals surface area contributed by atoms with Gasteiger partial charge in [0.1, 0.15) is 0 Å². The minimum absolute atomic E-state index is 0.0588. The molecule has 1 N–H and O–H groups in total. The Kier molecular flexibility index (Phi) is 4.30. The first kappa shape index (κ1) is 12.7. The van der Waals surface area contributed by atoms with Gasteiger partial charge in [-0.15, -0.1) is 0 Å². The Morgan fingerprint density at radius 3 is 2.53 bits per heavy atom. The van der Waals surface area contributed by atoms with E-state index in [1.54, 1.807) is 12.1 Å². The average Bonchev–Trinajstić information content (AvgIpc) is 2.34. The van der Waals surface area contributed by atoms with E-state index in [4.69, 9.17) is 23.2 Å². The lowest BCUT2D eigenvalue weighted by Crippen LogP contribution is -2.15. The van der Waals surface area contributed by atoms with Crippen LogP contribution >= 0.6 is 23.2 Å². The van der Waals surface area contributed by atoms with Crippen molar-refractivity contribution in [2.45, 2.75) is 19.3 Å². The predicted octanol–water partition coefficient (Wildman–Crippen LogP) is 4.90. The van der Waals surface area contributed by atoms with Crippen LogP contribution in [0.15, 0.2) is 24.3 Å². The van der Waals surface area contributed by atoms with Crippen LogP contribution in [0.25, 0.3) is 0 Å². The molecule has 0 heterocycles. The Bertz CT molecular complexity index is 408. The van der Waals surface area contributed by atoms with Crippen LogP contribution in [-0.4, -0.2) is 6.54 Å². The van der Waals surface area contributed by atoms with E-state index >= 15 is 0 Å². The summed E-state index contributed by atoms with van der Waals surface area (Å²) in [5.74, 6) is 0.0714. The van der Waals surface area contributed by atoms with Gasteiger partial charge in [-0.05, 0) is 37.3 Å². The van der Waals surface area contributed by atoms with Crippen molar-refractivity contribution in [3.05, 3.63) is 40.1 Å². The van der Waals surface area contributed by atoms with Crippen LogP contribution in [0.1, 0.15) is 19.3 Å². The Hall–Kier alpha value is -0.730. The lowest BCUT2D eigenvalue weighted by Gasteiger charge is -2.19. The Labute approximate surface area is 111 Å². The van der Waals surface area contributed by atoms with Gasteiger partial charge in [0.2, 0.25) is 0 Å². The number of halogens is 3. The average molecular weight is 274 g/mol. The van der Waals surface area contributed by atoms with Crippen molar-refractivity contribution in [2.75, 3.05) is 11.9 Å². The quantitative estimate of drug-likeness (QED) is 0.610. The first-order valence-electron chi connectivity index (χ1n) is 5.70. The van der Waals surface area contributed by atoms with Crippen LogP contribution in [0, 0.1) is 11.7 Å². The highest BCUT2D eigenvalue weighted by molar-refractivity contribution is 6.35. The van der Waals surface area contributed by atoms with Gasteiger partial charge in [0, 0.05) is 12.2 Å². The molecule has 0 bridgehead atoms. The molecule has 0 aliphatic heterocycles. The van der Waals surface area contributed by atoms with Gasteiger partial charge in [0.05, 0.1) is 10.0 Å². The van der Waals surface area contributed by atoms with E-state index < -0.39 is 5.82 Å². The summed E-state index contributed by atoms with van der Waals surface area (Å²) in [6.07, 6.45) is 7.84. The van der Waals surface area contributed by atoms with Crippen molar-refractivity contribution in [1.29, 1.82) is 0 Å². The second kappa shape index (κ2) is 5.74. The number of benzene rings is 1. The molecular formula is C13H14Cl2FN. The molecule has 0 spiro atoms. The van der Waals surface area contributed by atoms with Gasteiger partial charge in [-0.2, -0.15) is 0 Å². The Morgan fingerprint density at radius 1 is 1.24 bits per heavy atom. The molecule has 0 amide bonds. The number of nitrogens with one attached hydrogen (secondary N) is 1. The third-order valence-electron chi connectivity index (χ3n) is 2.96. The number of allylic oxidation sites excluding steroid dienone is 2. The zero-order valence-corrected chi connectivity index (χ0v) is 10.9. The highest BCUT2D eigenvalue weighted by Gasteiger charge is 2.11. The molecule has 4 heteroatoms. The number of anilines is 1. The van der Waals surface area contributed by atoms with Crippen LogP contribution in [0.4, 0.5) is 10.1 Å². The monoisotopic (exact) mass is 273 g/mol. The third-order valence-corrected chi connectivity index (χ3v) is 3.51. The summed E-state index contributed by atoms with van der Waals surface area (Å²) in [7, 11) is 0. The molecule has 0 fully saturated rings. The van der Waals surface area contributed by atoms with Crippen LogP contribution in [-0.2, 0) is 0 Å². The highest BCUT2D eigenvalue weighted by atomic mass is 35.5. The second-order valence-electron chi connectivity index (χ2n) is 4.29. The van der Waals surface area contributed by atoms with E-state index in [9.17, 15) is 4.39 Å². The van der Waals surface area contributed by atoms with Gasteiger partial charge in [0.15, 0.2) is 5.82 Å². The van der Waals surface area contributed by atoms with E-state index in [0.717, 1.165) is 25.1 Å². The number of hydrogen-bond acceptors (Lipinski definition) is 1. The van der Waals surface area contributed by atoms with Gasteiger partial charge in [0.25, 0.3) is 0 Å². The topological polar surface area (TPSA) is 12.0 Å². The van der Waals surface area contributed by atoms with E-state index in [2.05, 4.69) is 17.5 Å². The molecule has 0 aromatic heterocycles. The molecule has 1 aliphatic rings. The van der Waals surface area contributed by atoms with E-state index in [0.29, 0.717) is 5.92 Å². The van der Waals surface area contributed by atoms with Crippen molar-refractivity contribution in [3.63, 3.8) is 0 Å². The lowest BCUT2D eigenvalue weighted by molar-refractivity contribution is 0.504. The molecule has 0 saturated heterocycles. The fourth-order valence-electron chi connectivity index (χ4n) is 1.96. The summed E-state index contributed by atoms with van der Waals surface area (Å²) in [5.41, 5.74) is 0.774. The van der Waals surface area contributed by atoms with Gasteiger partial charge in [-0.1, -0.05) is 35.4 Å². The minimum atomic E-state index is -0.556. The van der Waals surface area contributed by atoms with Crippen LogP contribution in [0.3, 0.4) is 0 Å². The van der Waals surface area contributed by atoms with Crippen molar-refractivity contribution >= 4 is 28.9 Å². The smallest absolute Gasteiger partial charge is 0.160 e. The maximum Gasteiger partial charge on any atom is 0.160 e. The van der Waals surface area contributed by atoms with E-state index in [-0.39, 0.29) is 10.0 Å². The molecule has 1 aliphatic carbocycles. The highest BCUT2D eigenvalue weighted by Crippen LogP contribution is 2.28. The zero-order valence-electron chi connectivity index (χ0n) is 9.35. The Balaban J connectivity index is 1.97. The molecule has 0 saturated carbocycles. The summed E-state index contributed by atoms with van der Waals surface area (Å²) in [6, 6.07) is 3.14. The lowest BCUT2D eigenvalue weighted by atomic mass is 9.94. The largest absolute Gasteiger partial charge is 0.385 e. The molecule has 1 atom stereocenters. The summed E-state index contributed by atoms with van der Waals surface area (Å²) < 4.78 is 13.2. The predicted molar refractivity (Wildman–Crippen MR) is 71.4 cm³/mol. The second-order valence-corrected chi connectivity index (χ2v) is 5.10. The molecular weight excluding hydrogens is 260 g/mol. The van der Waals surface area contributed by atoms with E-state index in [1.807, 2.05) is 0 Å². The normalized spacial score (nSPS) is 19.4. The SMILES string of the molecule is Fc1c(Cl)cc(NCC2CC=CCC2)cc1Cl. The molecule has 0 radical (unpaired) electrons. The van der Waals surface area contributed by atoms with Crippen molar-refractivity contribution in [2.24, 2.45) is 5.92 Å². The first-order valence-corrected chi connectivity index (χ1v) is 6.46. The summed E-state index contributed by atoms with van der Waals surface area (Å²) in [5, 5.41) is 3.37. The fourth-order valence-corrected chi connectivity index (χ4v) is 2.45. The maximum atomic E-state index is 13.2. The number of rotatable bonds is 3. The van der Waals surface area contributed by atoms with Crippen molar-refractivity contribution in [1.82, 2.24) is 0 Å². The zero-order chi connectivity index (χ0) is 12.3. The fraction of sp³-hybridized carbons (Fsp3) is 0.385. The maximum absolute atomic E-state index is 13.2. The molecule has 1 aromatic rings. The van der Waals surface area contributed by atoms with Crippen LogP contribution in [0.2, 0.25) is 10.0 Å². The molecule has 1 aromatic carbocycles. The molecule has 1 nitrogen and oxygen atoms in total. The molecule has 1 unspecified atom stereocenters. The standard InChI is InChI=1S/C13H14Cl2FN/c14-11-6-10(7-12(15)13(11)16)17-8-9-4-2-1-3-5-9/h1-2,6-7,9,17H,3-5,8H2. The molecule has 92 valence electrons. The van der Waals surface area contributed by atoms with E-state index in [1.165, 1.54) is 6.42 Å². The Morgan fingerprint density at radius 2 is 1.94 bits per heavy atom. The summed E-state index contributed by atoms with van der Waals surface area (Å²) >= 11 is 11.5.